The van der Waals surface area contributed by atoms with Gasteiger partial charge in [0.05, 0.1) is 0 Å². The maximum absolute atomic E-state index is 5.69. The molecule has 0 aromatic carbocycles. The summed E-state index contributed by atoms with van der Waals surface area (Å²) in [6.07, 6.45) is 13.1. The lowest BCUT2D eigenvalue weighted by molar-refractivity contribution is -0.0164. The molecule has 168 valence electrons. The van der Waals surface area contributed by atoms with Gasteiger partial charge in [-0.25, -0.2) is 0 Å². The summed E-state index contributed by atoms with van der Waals surface area (Å²) in [6, 6.07) is 1.42. The molecule has 0 aromatic heterocycles. The highest BCUT2D eigenvalue weighted by atomic mass is 127. The van der Waals surface area contributed by atoms with Gasteiger partial charge in [-0.1, -0.05) is 12.8 Å². The van der Waals surface area contributed by atoms with Crippen molar-refractivity contribution in [3.63, 3.8) is 0 Å². The predicted molar refractivity (Wildman–Crippen MR) is 130 cm³/mol. The van der Waals surface area contributed by atoms with Gasteiger partial charge in [0.15, 0.2) is 5.96 Å². The summed E-state index contributed by atoms with van der Waals surface area (Å²) in [5.41, 5.74) is 0.248. The number of rotatable bonds is 5. The summed E-state index contributed by atoms with van der Waals surface area (Å²) >= 11 is 0. The van der Waals surface area contributed by atoms with E-state index in [2.05, 4.69) is 25.4 Å². The molecule has 4 fully saturated rings. The number of hydrogen-bond donors (Lipinski definition) is 2. The van der Waals surface area contributed by atoms with Crippen LogP contribution in [0.3, 0.4) is 0 Å². The Morgan fingerprint density at radius 3 is 2.24 bits per heavy atom. The van der Waals surface area contributed by atoms with Crippen molar-refractivity contribution in [3.05, 3.63) is 0 Å². The number of likely N-dealkylation sites (tertiary alicyclic amines) is 2. The Balaban J connectivity index is 0.00000240. The minimum absolute atomic E-state index is 0. The first-order valence-corrected chi connectivity index (χ1v) is 11.8. The van der Waals surface area contributed by atoms with Crippen molar-refractivity contribution in [2.45, 2.75) is 81.8 Å². The van der Waals surface area contributed by atoms with Gasteiger partial charge < -0.3 is 20.3 Å². The van der Waals surface area contributed by atoms with E-state index in [1.165, 1.54) is 77.5 Å². The van der Waals surface area contributed by atoms with Crippen molar-refractivity contribution >= 4 is 29.9 Å². The van der Waals surface area contributed by atoms with E-state index in [-0.39, 0.29) is 29.5 Å². The fraction of sp³-hybridized carbons (Fsp3) is 0.955. The minimum atomic E-state index is 0. The van der Waals surface area contributed by atoms with E-state index in [4.69, 9.17) is 4.74 Å². The number of guanidine groups is 1. The molecule has 1 saturated carbocycles. The first-order valence-electron chi connectivity index (χ1n) is 11.8. The Morgan fingerprint density at radius 1 is 0.966 bits per heavy atom. The van der Waals surface area contributed by atoms with E-state index in [9.17, 15) is 0 Å². The summed E-state index contributed by atoms with van der Waals surface area (Å²) in [7, 11) is 1.91. The van der Waals surface area contributed by atoms with Crippen LogP contribution in [0.2, 0.25) is 0 Å². The summed E-state index contributed by atoms with van der Waals surface area (Å²) < 4.78 is 5.69. The maximum atomic E-state index is 5.69. The lowest BCUT2D eigenvalue weighted by Gasteiger charge is -2.45. The molecule has 3 heterocycles. The van der Waals surface area contributed by atoms with Gasteiger partial charge in [0.1, 0.15) is 0 Å². The van der Waals surface area contributed by atoms with Crippen LogP contribution in [0.1, 0.15) is 64.2 Å². The van der Waals surface area contributed by atoms with Gasteiger partial charge in [0.25, 0.3) is 0 Å². The number of ether oxygens (including phenoxy) is 1. The van der Waals surface area contributed by atoms with Gasteiger partial charge in [-0.3, -0.25) is 9.89 Å². The van der Waals surface area contributed by atoms with Crippen LogP contribution in [0.15, 0.2) is 4.99 Å². The molecule has 0 aromatic rings. The van der Waals surface area contributed by atoms with Crippen LogP contribution in [0, 0.1) is 0 Å². The number of nitrogens with zero attached hydrogens (tertiary/aromatic N) is 3. The molecule has 3 aliphatic heterocycles. The summed E-state index contributed by atoms with van der Waals surface area (Å²) in [6.45, 7) is 7.74. The van der Waals surface area contributed by atoms with Gasteiger partial charge in [0, 0.05) is 57.5 Å². The standard InChI is InChI=1S/C22H41N5O.HI/c1-23-21(25-19-8-14-26(15-9-19)20-6-2-3-7-20)24-18-22(10-16-28-17-11-22)27-12-4-5-13-27;/h19-20H,2-18H2,1H3,(H2,23,24,25);1H. The lowest BCUT2D eigenvalue weighted by Crippen LogP contribution is -2.59. The maximum Gasteiger partial charge on any atom is 0.191 e. The molecule has 0 atom stereocenters. The van der Waals surface area contributed by atoms with Crippen LogP contribution in [-0.4, -0.2) is 86.4 Å². The number of aliphatic imine (C=N–C) groups is 1. The fourth-order valence-electron chi connectivity index (χ4n) is 5.86. The van der Waals surface area contributed by atoms with Gasteiger partial charge >= 0.3 is 0 Å². The Morgan fingerprint density at radius 2 is 1.62 bits per heavy atom. The van der Waals surface area contributed by atoms with Gasteiger partial charge in [-0.05, 0) is 64.5 Å². The molecule has 7 heteroatoms. The van der Waals surface area contributed by atoms with Crippen molar-refractivity contribution in [1.29, 1.82) is 0 Å². The molecule has 4 rings (SSSR count). The van der Waals surface area contributed by atoms with Crippen molar-refractivity contribution in [1.82, 2.24) is 20.4 Å². The zero-order valence-corrected chi connectivity index (χ0v) is 20.7. The first-order chi connectivity index (χ1) is 13.8. The third kappa shape index (κ3) is 5.98. The van der Waals surface area contributed by atoms with Crippen LogP contribution in [0.4, 0.5) is 0 Å². The fourth-order valence-corrected chi connectivity index (χ4v) is 5.86. The average molecular weight is 520 g/mol. The van der Waals surface area contributed by atoms with E-state index in [1.54, 1.807) is 0 Å². The SMILES string of the molecule is CN=C(NCC1(N2CCCC2)CCOCC1)NC1CCN(C2CCCC2)CC1.I. The Hall–Kier alpha value is -0.120. The molecular formula is C22H42IN5O. The summed E-state index contributed by atoms with van der Waals surface area (Å²) in [5.74, 6) is 0.990. The molecule has 0 bridgehead atoms. The zero-order chi connectivity index (χ0) is 19.2. The predicted octanol–water partition coefficient (Wildman–Crippen LogP) is 2.82. The van der Waals surface area contributed by atoms with Crippen LogP contribution >= 0.6 is 24.0 Å². The first kappa shape index (κ1) is 23.5. The van der Waals surface area contributed by atoms with Crippen molar-refractivity contribution in [2.24, 2.45) is 4.99 Å². The van der Waals surface area contributed by atoms with Crippen LogP contribution < -0.4 is 10.6 Å². The summed E-state index contributed by atoms with van der Waals surface area (Å²) in [4.78, 5) is 10.0. The number of piperidine rings is 1. The smallest absolute Gasteiger partial charge is 0.191 e. The summed E-state index contributed by atoms with van der Waals surface area (Å²) in [5, 5.41) is 7.43. The molecule has 2 N–H and O–H groups in total. The highest BCUT2D eigenvalue weighted by Gasteiger charge is 2.39. The van der Waals surface area contributed by atoms with E-state index < -0.39 is 0 Å². The van der Waals surface area contributed by atoms with Gasteiger partial charge in [-0.2, -0.15) is 0 Å². The van der Waals surface area contributed by atoms with Crippen LogP contribution in [0.5, 0.6) is 0 Å². The highest BCUT2D eigenvalue weighted by molar-refractivity contribution is 14.0. The third-order valence-corrected chi connectivity index (χ3v) is 7.72. The Labute approximate surface area is 194 Å². The van der Waals surface area contributed by atoms with Crippen LogP contribution in [0.25, 0.3) is 0 Å². The third-order valence-electron chi connectivity index (χ3n) is 7.72. The molecule has 0 spiro atoms. The molecule has 29 heavy (non-hydrogen) atoms. The zero-order valence-electron chi connectivity index (χ0n) is 18.3. The molecule has 0 radical (unpaired) electrons. The second-order valence-electron chi connectivity index (χ2n) is 9.35. The molecule has 4 aliphatic rings. The number of nitrogens with one attached hydrogen (secondary N) is 2. The van der Waals surface area contributed by atoms with Crippen molar-refractivity contribution < 1.29 is 4.74 Å². The second kappa shape index (κ2) is 11.5. The van der Waals surface area contributed by atoms with Crippen LogP contribution in [-0.2, 0) is 4.74 Å². The van der Waals surface area contributed by atoms with E-state index >= 15 is 0 Å². The average Bonchev–Trinajstić information content (AvgIpc) is 3.47. The number of halogens is 1. The topological polar surface area (TPSA) is 52.1 Å². The second-order valence-corrected chi connectivity index (χ2v) is 9.35. The highest BCUT2D eigenvalue weighted by Crippen LogP contribution is 2.31. The molecule has 0 unspecified atom stereocenters. The monoisotopic (exact) mass is 519 g/mol. The van der Waals surface area contributed by atoms with Crippen molar-refractivity contribution in [2.75, 3.05) is 53.0 Å². The largest absolute Gasteiger partial charge is 0.381 e. The van der Waals surface area contributed by atoms with E-state index in [0.717, 1.165) is 44.6 Å². The van der Waals surface area contributed by atoms with E-state index in [1.807, 2.05) is 7.05 Å². The molecule has 1 aliphatic carbocycles. The van der Waals surface area contributed by atoms with E-state index in [0.29, 0.717) is 6.04 Å². The van der Waals surface area contributed by atoms with Gasteiger partial charge in [0.2, 0.25) is 0 Å². The Kier molecular flexibility index (Phi) is 9.32. The minimum Gasteiger partial charge on any atom is -0.381 e. The molecule has 0 amide bonds. The molecule has 3 saturated heterocycles. The normalized spacial score (nSPS) is 27.7. The number of hydrogen-bond acceptors (Lipinski definition) is 4. The quantitative estimate of drug-likeness (QED) is 0.333. The lowest BCUT2D eigenvalue weighted by atomic mass is 9.88. The van der Waals surface area contributed by atoms with Crippen molar-refractivity contribution in [3.8, 4) is 0 Å². The molecular weight excluding hydrogens is 477 g/mol. The van der Waals surface area contributed by atoms with Gasteiger partial charge in [-0.15, -0.1) is 24.0 Å². The molecule has 6 nitrogen and oxygen atoms in total. The Bertz CT molecular complexity index is 505.